The van der Waals surface area contributed by atoms with Crippen molar-refractivity contribution in [1.82, 2.24) is 0 Å². The number of aryl methyl sites for hydroxylation is 1. The van der Waals surface area contributed by atoms with E-state index >= 15 is 0 Å². The predicted molar refractivity (Wildman–Crippen MR) is 62.6 cm³/mol. The number of carbonyl (C=O) groups excluding carboxylic acids is 1. The average Bonchev–Trinajstić information content (AvgIpc) is 2.44. The van der Waals surface area contributed by atoms with Gasteiger partial charge in [-0.05, 0) is 31.7 Å². The smallest absolute Gasteiger partial charge is 0.349 e. The summed E-state index contributed by atoms with van der Waals surface area (Å²) in [5.41, 5.74) is 0.454. The molecule has 0 aromatic carbocycles. The monoisotopic (exact) mass is 282 g/mol. The Bertz CT molecular complexity index is 502. The summed E-state index contributed by atoms with van der Waals surface area (Å²) in [5, 5.41) is 1.56. The van der Waals surface area contributed by atoms with Gasteiger partial charge < -0.3 is 4.74 Å². The van der Waals surface area contributed by atoms with E-state index in [9.17, 15) is 13.2 Å². The van der Waals surface area contributed by atoms with Gasteiger partial charge in [0.05, 0.1) is 6.10 Å². The first-order valence-electron chi connectivity index (χ1n) is 4.47. The maximum absolute atomic E-state index is 11.6. The molecule has 0 amide bonds. The van der Waals surface area contributed by atoms with Crippen LogP contribution in [-0.2, 0) is 13.8 Å². The Morgan fingerprint density at radius 3 is 2.50 bits per heavy atom. The van der Waals surface area contributed by atoms with E-state index < -0.39 is 15.0 Å². The minimum atomic E-state index is -3.92. The Morgan fingerprint density at radius 2 is 2.06 bits per heavy atom. The molecule has 0 aliphatic rings. The van der Waals surface area contributed by atoms with Crippen molar-refractivity contribution in [1.29, 1.82) is 0 Å². The van der Waals surface area contributed by atoms with Gasteiger partial charge >= 0.3 is 5.97 Å². The SMILES string of the molecule is Cc1csc(C(=O)OC(C)C)c1S(=O)(=O)Cl. The molecule has 0 atom stereocenters. The third-order valence-electron chi connectivity index (χ3n) is 1.69. The zero-order chi connectivity index (χ0) is 12.5. The second-order valence-electron chi connectivity index (χ2n) is 3.47. The maximum Gasteiger partial charge on any atom is 0.349 e. The Labute approximate surface area is 103 Å². The predicted octanol–water partition coefficient (Wildman–Crippen LogP) is 2.55. The van der Waals surface area contributed by atoms with Crippen LogP contribution in [0.25, 0.3) is 0 Å². The second kappa shape index (κ2) is 4.73. The summed E-state index contributed by atoms with van der Waals surface area (Å²) >= 11 is 1.01. The Morgan fingerprint density at radius 1 is 1.50 bits per heavy atom. The molecule has 4 nitrogen and oxygen atoms in total. The van der Waals surface area contributed by atoms with Gasteiger partial charge in [0.25, 0.3) is 9.05 Å². The van der Waals surface area contributed by atoms with Crippen molar-refractivity contribution in [2.24, 2.45) is 0 Å². The van der Waals surface area contributed by atoms with Crippen molar-refractivity contribution in [3.05, 3.63) is 15.8 Å². The number of halogens is 1. The number of thiophene rings is 1. The lowest BCUT2D eigenvalue weighted by Crippen LogP contribution is -2.12. The summed E-state index contributed by atoms with van der Waals surface area (Å²) in [7, 11) is 1.34. The average molecular weight is 283 g/mol. The molecule has 0 fully saturated rings. The molecule has 0 aliphatic heterocycles. The minimum Gasteiger partial charge on any atom is -0.459 e. The topological polar surface area (TPSA) is 60.4 Å². The van der Waals surface area contributed by atoms with E-state index in [1.807, 2.05) is 0 Å². The highest BCUT2D eigenvalue weighted by Crippen LogP contribution is 2.30. The molecule has 0 bridgehead atoms. The van der Waals surface area contributed by atoms with E-state index in [0.717, 1.165) is 11.3 Å². The van der Waals surface area contributed by atoms with Crippen molar-refractivity contribution in [2.45, 2.75) is 31.8 Å². The van der Waals surface area contributed by atoms with E-state index in [1.54, 1.807) is 26.2 Å². The van der Waals surface area contributed by atoms with Crippen molar-refractivity contribution >= 4 is 37.0 Å². The lowest BCUT2D eigenvalue weighted by molar-refractivity contribution is 0.0379. The Hall–Kier alpha value is -0.590. The molecule has 7 heteroatoms. The summed E-state index contributed by atoms with van der Waals surface area (Å²) in [6.45, 7) is 4.96. The number of carbonyl (C=O) groups is 1. The first kappa shape index (κ1) is 13.5. The van der Waals surface area contributed by atoms with Crippen molar-refractivity contribution in [2.75, 3.05) is 0 Å². The van der Waals surface area contributed by atoms with Gasteiger partial charge in [0.15, 0.2) is 0 Å². The number of esters is 1. The summed E-state index contributed by atoms with van der Waals surface area (Å²) in [5.74, 6) is -0.660. The zero-order valence-corrected chi connectivity index (χ0v) is 11.4. The lowest BCUT2D eigenvalue weighted by atomic mass is 10.3. The van der Waals surface area contributed by atoms with Gasteiger partial charge in [-0.15, -0.1) is 11.3 Å². The molecule has 0 unspecified atom stereocenters. The van der Waals surface area contributed by atoms with E-state index in [0.29, 0.717) is 5.56 Å². The number of hydrogen-bond donors (Lipinski definition) is 0. The van der Waals surface area contributed by atoms with Crippen LogP contribution in [0.3, 0.4) is 0 Å². The molecular weight excluding hydrogens is 272 g/mol. The lowest BCUT2D eigenvalue weighted by Gasteiger charge is -2.07. The fraction of sp³-hybridized carbons (Fsp3) is 0.444. The molecule has 90 valence electrons. The maximum atomic E-state index is 11.6. The molecule has 1 aromatic rings. The highest BCUT2D eigenvalue weighted by atomic mass is 35.7. The van der Waals surface area contributed by atoms with Crippen LogP contribution in [0, 0.1) is 6.92 Å². The van der Waals surface area contributed by atoms with E-state index in [-0.39, 0.29) is 15.9 Å². The van der Waals surface area contributed by atoms with Gasteiger partial charge in [-0.25, -0.2) is 13.2 Å². The van der Waals surface area contributed by atoms with Gasteiger partial charge in [0, 0.05) is 10.7 Å². The normalized spacial score (nSPS) is 11.8. The van der Waals surface area contributed by atoms with Crippen molar-refractivity contribution < 1.29 is 17.9 Å². The molecule has 0 saturated heterocycles. The highest BCUT2D eigenvalue weighted by Gasteiger charge is 2.26. The van der Waals surface area contributed by atoms with Gasteiger partial charge in [-0.3, -0.25) is 0 Å². The van der Waals surface area contributed by atoms with Gasteiger partial charge in [-0.2, -0.15) is 0 Å². The van der Waals surface area contributed by atoms with Gasteiger partial charge in [0.1, 0.15) is 9.77 Å². The summed E-state index contributed by atoms with van der Waals surface area (Å²) in [6, 6.07) is 0. The van der Waals surface area contributed by atoms with Crippen molar-refractivity contribution in [3.63, 3.8) is 0 Å². The fourth-order valence-electron chi connectivity index (χ4n) is 1.14. The molecule has 0 aliphatic carbocycles. The molecule has 0 N–H and O–H groups in total. The number of ether oxygens (including phenoxy) is 1. The van der Waals surface area contributed by atoms with E-state index in [2.05, 4.69) is 0 Å². The van der Waals surface area contributed by atoms with Gasteiger partial charge in [0.2, 0.25) is 0 Å². The molecule has 1 aromatic heterocycles. The highest BCUT2D eigenvalue weighted by molar-refractivity contribution is 8.14. The first-order chi connectivity index (χ1) is 7.23. The zero-order valence-electron chi connectivity index (χ0n) is 8.98. The van der Waals surface area contributed by atoms with Crippen LogP contribution in [0.4, 0.5) is 0 Å². The third-order valence-corrected chi connectivity index (χ3v) is 4.37. The summed E-state index contributed by atoms with van der Waals surface area (Å²) in [6.07, 6.45) is -0.305. The number of hydrogen-bond acceptors (Lipinski definition) is 5. The molecular formula is C9H11ClO4S2. The molecule has 0 radical (unpaired) electrons. The third kappa shape index (κ3) is 2.96. The van der Waals surface area contributed by atoms with Crippen LogP contribution >= 0.6 is 22.0 Å². The molecule has 0 spiro atoms. The van der Waals surface area contributed by atoms with Crippen LogP contribution in [0.15, 0.2) is 10.3 Å². The van der Waals surface area contributed by atoms with Crippen LogP contribution in [0.2, 0.25) is 0 Å². The Balaban J connectivity index is 3.22. The standard InChI is InChI=1S/C9H11ClO4S2/c1-5(2)14-9(11)7-8(16(10,12)13)6(3)4-15-7/h4-5H,1-3H3. The summed E-state index contributed by atoms with van der Waals surface area (Å²) < 4.78 is 27.5. The van der Waals surface area contributed by atoms with Crippen LogP contribution < -0.4 is 0 Å². The Kier molecular flexibility index (Phi) is 3.98. The van der Waals surface area contributed by atoms with E-state index in [1.165, 1.54) is 0 Å². The molecule has 0 saturated carbocycles. The molecule has 1 heterocycles. The molecule has 16 heavy (non-hydrogen) atoms. The van der Waals surface area contributed by atoms with Gasteiger partial charge in [-0.1, -0.05) is 0 Å². The first-order valence-corrected chi connectivity index (χ1v) is 7.66. The largest absolute Gasteiger partial charge is 0.459 e. The minimum absolute atomic E-state index is 0.0289. The fourth-order valence-corrected chi connectivity index (χ4v) is 4.00. The van der Waals surface area contributed by atoms with Crippen LogP contribution in [0.1, 0.15) is 29.1 Å². The number of rotatable bonds is 3. The van der Waals surface area contributed by atoms with E-state index in [4.69, 9.17) is 15.4 Å². The van der Waals surface area contributed by atoms with Crippen molar-refractivity contribution in [3.8, 4) is 0 Å². The quantitative estimate of drug-likeness (QED) is 0.631. The van der Waals surface area contributed by atoms with Crippen LogP contribution in [0.5, 0.6) is 0 Å². The molecule has 1 rings (SSSR count). The van der Waals surface area contributed by atoms with Crippen LogP contribution in [-0.4, -0.2) is 20.5 Å². The second-order valence-corrected chi connectivity index (χ2v) is 6.85. The summed E-state index contributed by atoms with van der Waals surface area (Å²) in [4.78, 5) is 11.5.